The van der Waals surface area contributed by atoms with Gasteiger partial charge in [-0.05, 0) is 17.7 Å². The number of aromatic nitrogens is 2. The molecule has 130 valence electrons. The van der Waals surface area contributed by atoms with Gasteiger partial charge in [0.1, 0.15) is 22.6 Å². The second-order valence-corrected chi connectivity index (χ2v) is 6.19. The molecule has 26 heavy (non-hydrogen) atoms. The maximum absolute atomic E-state index is 11.6. The molecular formula is C19H15ClN4O2. The summed E-state index contributed by atoms with van der Waals surface area (Å²) in [5.41, 5.74) is 5.53. The lowest BCUT2D eigenvalue weighted by atomic mass is 9.96. The molecule has 0 bridgehead atoms. The molecule has 1 atom stereocenters. The average molecular weight is 367 g/mol. The van der Waals surface area contributed by atoms with Crippen LogP contribution in [0.3, 0.4) is 0 Å². The first-order chi connectivity index (χ1) is 12.7. The van der Waals surface area contributed by atoms with E-state index < -0.39 is 5.56 Å². The van der Waals surface area contributed by atoms with Crippen molar-refractivity contribution in [2.24, 2.45) is 5.10 Å². The van der Waals surface area contributed by atoms with E-state index in [1.54, 1.807) is 0 Å². The highest BCUT2D eigenvalue weighted by Gasteiger charge is 2.26. The third kappa shape index (κ3) is 3.19. The Morgan fingerprint density at radius 2 is 1.92 bits per heavy atom. The van der Waals surface area contributed by atoms with Crippen LogP contribution in [0.2, 0.25) is 5.02 Å². The summed E-state index contributed by atoms with van der Waals surface area (Å²) in [6.45, 7) is 0. The van der Waals surface area contributed by atoms with Gasteiger partial charge in [-0.1, -0.05) is 54.1 Å². The summed E-state index contributed by atoms with van der Waals surface area (Å²) in [5.74, 6) is 0.767. The molecule has 1 aliphatic heterocycles. The second kappa shape index (κ2) is 7.01. The Morgan fingerprint density at radius 3 is 2.77 bits per heavy atom. The second-order valence-electron chi connectivity index (χ2n) is 5.81. The number of aromatic amines is 1. The van der Waals surface area contributed by atoms with Crippen molar-refractivity contribution in [2.45, 2.75) is 12.5 Å². The predicted octanol–water partition coefficient (Wildman–Crippen LogP) is 3.76. The van der Waals surface area contributed by atoms with Gasteiger partial charge in [-0.3, -0.25) is 10.2 Å². The Bertz CT molecular complexity index is 1020. The van der Waals surface area contributed by atoms with Gasteiger partial charge in [0.05, 0.1) is 11.9 Å². The van der Waals surface area contributed by atoms with Crippen LogP contribution in [0.1, 0.15) is 23.7 Å². The van der Waals surface area contributed by atoms with Gasteiger partial charge >= 0.3 is 0 Å². The van der Waals surface area contributed by atoms with Crippen LogP contribution in [-0.2, 0) is 0 Å². The number of hydrogen-bond donors (Lipinski definition) is 2. The molecule has 0 spiro atoms. The SMILES string of the molecule is O=c1[nH]ncc(N/N=C2/C[C@H](c3ccccc3)Oc3ccccc32)c1Cl. The molecule has 0 saturated heterocycles. The molecule has 0 aliphatic carbocycles. The molecule has 7 heteroatoms. The van der Waals surface area contributed by atoms with Crippen molar-refractivity contribution in [3.8, 4) is 5.75 Å². The van der Waals surface area contributed by atoms with Crippen molar-refractivity contribution in [3.63, 3.8) is 0 Å². The molecule has 0 unspecified atom stereocenters. The number of rotatable bonds is 3. The standard InChI is InChI=1S/C19H15ClN4O2/c20-18-15(11-21-24-19(18)25)23-22-14-10-17(12-6-2-1-3-7-12)26-16-9-5-4-8-13(14)16/h1-9,11,17H,10H2,(H2,23,24,25)/b22-14-/t17-/m1/s1. The Morgan fingerprint density at radius 1 is 1.15 bits per heavy atom. The van der Waals surface area contributed by atoms with Gasteiger partial charge in [-0.25, -0.2) is 5.10 Å². The minimum absolute atomic E-state index is 0.0179. The molecule has 0 radical (unpaired) electrons. The highest BCUT2D eigenvalue weighted by molar-refractivity contribution is 6.32. The normalized spacial score (nSPS) is 17.4. The maximum atomic E-state index is 11.6. The number of H-pyrrole nitrogens is 1. The molecule has 0 saturated carbocycles. The van der Waals surface area contributed by atoms with Gasteiger partial charge < -0.3 is 4.74 Å². The smallest absolute Gasteiger partial charge is 0.285 e. The lowest BCUT2D eigenvalue weighted by molar-refractivity contribution is 0.206. The van der Waals surface area contributed by atoms with Crippen LogP contribution >= 0.6 is 11.6 Å². The van der Waals surface area contributed by atoms with E-state index in [0.717, 1.165) is 22.6 Å². The van der Waals surface area contributed by atoms with Crippen molar-refractivity contribution in [1.29, 1.82) is 0 Å². The van der Waals surface area contributed by atoms with Crippen molar-refractivity contribution >= 4 is 23.0 Å². The van der Waals surface area contributed by atoms with Crippen molar-refractivity contribution in [1.82, 2.24) is 10.2 Å². The highest BCUT2D eigenvalue weighted by atomic mass is 35.5. The van der Waals surface area contributed by atoms with Crippen LogP contribution in [0, 0.1) is 0 Å². The first-order valence-electron chi connectivity index (χ1n) is 8.09. The minimum Gasteiger partial charge on any atom is -0.485 e. The molecule has 2 N–H and O–H groups in total. The van der Waals surface area contributed by atoms with Crippen LogP contribution < -0.4 is 15.7 Å². The summed E-state index contributed by atoms with van der Waals surface area (Å²) < 4.78 is 6.14. The summed E-state index contributed by atoms with van der Waals surface area (Å²) >= 11 is 6.00. The zero-order valence-electron chi connectivity index (χ0n) is 13.6. The van der Waals surface area contributed by atoms with Gasteiger partial charge in [0.15, 0.2) is 0 Å². The topological polar surface area (TPSA) is 79.4 Å². The largest absolute Gasteiger partial charge is 0.485 e. The first-order valence-corrected chi connectivity index (χ1v) is 8.47. The van der Waals surface area contributed by atoms with E-state index in [4.69, 9.17) is 16.3 Å². The van der Waals surface area contributed by atoms with E-state index in [2.05, 4.69) is 20.7 Å². The van der Waals surface area contributed by atoms with E-state index in [1.807, 2.05) is 54.6 Å². The maximum Gasteiger partial charge on any atom is 0.285 e. The van der Waals surface area contributed by atoms with Crippen LogP contribution in [0.5, 0.6) is 5.75 Å². The third-order valence-electron chi connectivity index (χ3n) is 4.12. The summed E-state index contributed by atoms with van der Waals surface area (Å²) in [4.78, 5) is 11.6. The van der Waals surface area contributed by atoms with E-state index in [9.17, 15) is 4.79 Å². The zero-order valence-corrected chi connectivity index (χ0v) is 14.4. The lowest BCUT2D eigenvalue weighted by Crippen LogP contribution is -2.22. The summed E-state index contributed by atoms with van der Waals surface area (Å²) in [6.07, 6.45) is 1.87. The van der Waals surface area contributed by atoms with E-state index in [0.29, 0.717) is 12.1 Å². The molecule has 0 fully saturated rings. The number of nitrogens with one attached hydrogen (secondary N) is 2. The summed E-state index contributed by atoms with van der Waals surface area (Å²) in [5, 5.41) is 10.5. The summed E-state index contributed by atoms with van der Waals surface area (Å²) in [6, 6.07) is 17.7. The molecule has 0 amide bonds. The van der Waals surface area contributed by atoms with Gasteiger partial charge in [-0.15, -0.1) is 0 Å². The number of ether oxygens (including phenoxy) is 1. The fraction of sp³-hybridized carbons (Fsp3) is 0.105. The first kappa shape index (κ1) is 16.4. The monoisotopic (exact) mass is 366 g/mol. The van der Waals surface area contributed by atoms with Gasteiger partial charge in [0.25, 0.3) is 5.56 Å². The Kier molecular flexibility index (Phi) is 4.41. The quantitative estimate of drug-likeness (QED) is 0.692. The Hall–Kier alpha value is -3.12. The molecule has 2 heterocycles. The number of para-hydroxylation sites is 1. The molecule has 2 aromatic carbocycles. The zero-order chi connectivity index (χ0) is 17.9. The number of anilines is 1. The van der Waals surface area contributed by atoms with Crippen LogP contribution in [0.15, 0.2) is 70.7 Å². The predicted molar refractivity (Wildman–Crippen MR) is 101 cm³/mol. The Labute approximate surface area is 154 Å². The summed E-state index contributed by atoms with van der Waals surface area (Å²) in [7, 11) is 0. The average Bonchev–Trinajstić information content (AvgIpc) is 2.69. The number of fused-ring (bicyclic) bond motifs is 1. The van der Waals surface area contributed by atoms with E-state index in [-0.39, 0.29) is 11.1 Å². The van der Waals surface area contributed by atoms with Gasteiger partial charge in [-0.2, -0.15) is 10.2 Å². The number of hydrogen-bond acceptors (Lipinski definition) is 5. The number of nitrogens with zero attached hydrogens (tertiary/aromatic N) is 2. The highest BCUT2D eigenvalue weighted by Crippen LogP contribution is 2.35. The molecular weight excluding hydrogens is 352 g/mol. The molecule has 4 rings (SSSR count). The molecule has 1 aromatic heterocycles. The van der Waals surface area contributed by atoms with Crippen LogP contribution in [0.25, 0.3) is 0 Å². The van der Waals surface area contributed by atoms with Crippen LogP contribution in [0.4, 0.5) is 5.69 Å². The van der Waals surface area contributed by atoms with E-state index in [1.165, 1.54) is 6.20 Å². The fourth-order valence-electron chi connectivity index (χ4n) is 2.84. The molecule has 6 nitrogen and oxygen atoms in total. The Balaban J connectivity index is 1.69. The fourth-order valence-corrected chi connectivity index (χ4v) is 2.97. The van der Waals surface area contributed by atoms with E-state index >= 15 is 0 Å². The minimum atomic E-state index is -0.466. The lowest BCUT2D eigenvalue weighted by Gasteiger charge is -2.27. The van der Waals surface area contributed by atoms with Crippen molar-refractivity contribution in [2.75, 3.05) is 5.43 Å². The van der Waals surface area contributed by atoms with Gasteiger partial charge in [0.2, 0.25) is 0 Å². The number of benzene rings is 2. The molecule has 3 aromatic rings. The van der Waals surface area contributed by atoms with Crippen LogP contribution in [-0.4, -0.2) is 15.9 Å². The third-order valence-corrected chi connectivity index (χ3v) is 4.50. The van der Waals surface area contributed by atoms with Crippen molar-refractivity contribution in [3.05, 3.63) is 87.3 Å². The van der Waals surface area contributed by atoms with Crippen molar-refractivity contribution < 1.29 is 4.74 Å². The number of halogens is 1. The van der Waals surface area contributed by atoms with Gasteiger partial charge in [0, 0.05) is 12.0 Å². The molecule has 1 aliphatic rings. The number of hydrazone groups is 1.